The SMILES string of the molecule is N#Cc1ccc(-c2cc(-n3c4ccc(-c5ccccc5C#N)cc4c4cc(-c5ccccc5C#N)ccc43)ncc2-n2c3ccc(-c4ccccc4C#N)cc3c3cc(-c4ccccc4C#N)ccc32)cc1. The van der Waals surface area contributed by atoms with Gasteiger partial charge >= 0.3 is 0 Å². The maximum Gasteiger partial charge on any atom is 0.138 e. The standard InChI is InChI=1S/C64H34N8/c65-34-40-17-19-41(20-18-40)54-33-64(72-61-27-23-44(52-15-7-3-11-48(52)37-68)31-57(61)58-32-45(24-28-62(58)72)53-16-8-4-12-49(53)38-69)70-39-63(54)71-59-25-21-42(50-13-5-1-9-46(50)35-66)29-55(59)56-30-43(22-26-60(56)71)51-14-6-2-10-47(51)36-67/h1-33,39H. The van der Waals surface area contributed by atoms with Crippen LogP contribution in [0.4, 0.5) is 0 Å². The molecule has 0 aliphatic rings. The molecule has 0 atom stereocenters. The Balaban J connectivity index is 1.13. The zero-order chi connectivity index (χ0) is 48.9. The first-order chi connectivity index (χ1) is 35.5. The summed E-state index contributed by atoms with van der Waals surface area (Å²) in [7, 11) is 0. The number of benzene rings is 9. The molecule has 9 aromatic carbocycles. The molecule has 0 fully saturated rings. The van der Waals surface area contributed by atoms with Gasteiger partial charge in [0.25, 0.3) is 0 Å². The lowest BCUT2D eigenvalue weighted by Crippen LogP contribution is -2.03. The topological polar surface area (TPSA) is 142 Å². The second kappa shape index (κ2) is 17.4. The van der Waals surface area contributed by atoms with Crippen LogP contribution < -0.4 is 0 Å². The number of hydrogen-bond acceptors (Lipinski definition) is 6. The fourth-order valence-corrected chi connectivity index (χ4v) is 10.2. The molecule has 72 heavy (non-hydrogen) atoms. The number of nitrogens with zero attached hydrogens (tertiary/aromatic N) is 8. The van der Waals surface area contributed by atoms with E-state index in [1.165, 1.54) is 0 Å². The Morgan fingerprint density at radius 2 is 0.639 bits per heavy atom. The highest BCUT2D eigenvalue weighted by molar-refractivity contribution is 6.13. The Hall–Kier alpha value is -10.8. The highest BCUT2D eigenvalue weighted by atomic mass is 15.1. The third-order valence-corrected chi connectivity index (χ3v) is 13.6. The molecule has 0 unspecified atom stereocenters. The van der Waals surface area contributed by atoms with Gasteiger partial charge in [-0.15, -0.1) is 0 Å². The van der Waals surface area contributed by atoms with Gasteiger partial charge in [0.05, 0.1) is 92.1 Å². The minimum Gasteiger partial charge on any atom is -0.307 e. The molecule has 0 aliphatic heterocycles. The van der Waals surface area contributed by atoms with E-state index in [1.807, 2.05) is 152 Å². The van der Waals surface area contributed by atoms with E-state index < -0.39 is 0 Å². The van der Waals surface area contributed by atoms with Crippen molar-refractivity contribution in [3.63, 3.8) is 0 Å². The largest absolute Gasteiger partial charge is 0.307 e. The predicted octanol–water partition coefficient (Wildman–Crippen LogP) is 15.0. The van der Waals surface area contributed by atoms with Gasteiger partial charge in [0.15, 0.2) is 0 Å². The molecule has 0 saturated carbocycles. The lowest BCUT2D eigenvalue weighted by Gasteiger charge is -2.17. The van der Waals surface area contributed by atoms with Crippen molar-refractivity contribution in [3.8, 4) is 97.5 Å². The predicted molar refractivity (Wildman–Crippen MR) is 284 cm³/mol. The highest BCUT2D eigenvalue weighted by Gasteiger charge is 2.22. The molecule has 0 radical (unpaired) electrons. The summed E-state index contributed by atoms with van der Waals surface area (Å²) in [5.41, 5.74) is 15.8. The van der Waals surface area contributed by atoms with Crippen LogP contribution in [0.25, 0.3) is 111 Å². The summed E-state index contributed by atoms with van der Waals surface area (Å²) in [5.74, 6) is 0.653. The Morgan fingerprint density at radius 1 is 0.306 bits per heavy atom. The summed E-state index contributed by atoms with van der Waals surface area (Å²) >= 11 is 0. The van der Waals surface area contributed by atoms with Gasteiger partial charge in [-0.3, -0.25) is 4.57 Å². The first-order valence-corrected chi connectivity index (χ1v) is 23.1. The maximum absolute atomic E-state index is 10.1. The van der Waals surface area contributed by atoms with Crippen LogP contribution in [0.2, 0.25) is 0 Å². The van der Waals surface area contributed by atoms with Crippen molar-refractivity contribution in [2.24, 2.45) is 0 Å². The summed E-state index contributed by atoms with van der Waals surface area (Å²) in [6.07, 6.45) is 1.91. The third-order valence-electron chi connectivity index (χ3n) is 13.6. The van der Waals surface area contributed by atoms with E-state index in [9.17, 15) is 26.3 Å². The number of pyridine rings is 1. The molecule has 0 N–H and O–H groups in total. The summed E-state index contributed by atoms with van der Waals surface area (Å²) in [4.78, 5) is 5.33. The van der Waals surface area contributed by atoms with Crippen LogP contribution in [0.3, 0.4) is 0 Å². The molecule has 330 valence electrons. The molecular formula is C64H34N8. The molecule has 0 bridgehead atoms. The lowest BCUT2D eigenvalue weighted by molar-refractivity contribution is 1.06. The van der Waals surface area contributed by atoms with Crippen LogP contribution >= 0.6 is 0 Å². The normalized spacial score (nSPS) is 11.0. The summed E-state index contributed by atoms with van der Waals surface area (Å²) in [5, 5.41) is 54.2. The molecule has 3 heterocycles. The van der Waals surface area contributed by atoms with E-state index in [2.05, 4.69) is 94.1 Å². The van der Waals surface area contributed by atoms with E-state index in [4.69, 9.17) is 4.98 Å². The van der Waals surface area contributed by atoms with E-state index in [-0.39, 0.29) is 0 Å². The van der Waals surface area contributed by atoms with Crippen LogP contribution in [0.5, 0.6) is 0 Å². The van der Waals surface area contributed by atoms with Crippen LogP contribution in [-0.4, -0.2) is 14.1 Å². The molecule has 0 amide bonds. The second-order valence-electron chi connectivity index (χ2n) is 17.5. The Labute approximate surface area is 413 Å². The first kappa shape index (κ1) is 42.5. The zero-order valence-corrected chi connectivity index (χ0v) is 38.2. The fourth-order valence-electron chi connectivity index (χ4n) is 10.2. The zero-order valence-electron chi connectivity index (χ0n) is 38.2. The van der Waals surface area contributed by atoms with Crippen LogP contribution in [0.1, 0.15) is 27.8 Å². The molecule has 0 spiro atoms. The van der Waals surface area contributed by atoms with Gasteiger partial charge in [-0.25, -0.2) is 4.98 Å². The van der Waals surface area contributed by atoms with Gasteiger partial charge in [-0.1, -0.05) is 109 Å². The van der Waals surface area contributed by atoms with Gasteiger partial charge in [-0.2, -0.15) is 26.3 Å². The van der Waals surface area contributed by atoms with Gasteiger partial charge in [0.1, 0.15) is 5.82 Å². The smallest absolute Gasteiger partial charge is 0.138 e. The fraction of sp³-hybridized carbons (Fsp3) is 0. The second-order valence-corrected chi connectivity index (χ2v) is 17.5. The summed E-state index contributed by atoms with van der Waals surface area (Å²) in [6.45, 7) is 0. The van der Waals surface area contributed by atoms with Crippen LogP contribution in [0, 0.1) is 56.7 Å². The number of rotatable bonds is 7. The van der Waals surface area contributed by atoms with E-state index >= 15 is 0 Å². The summed E-state index contributed by atoms with van der Waals surface area (Å²) in [6, 6.07) is 76.8. The third kappa shape index (κ3) is 6.92. The number of hydrogen-bond donors (Lipinski definition) is 0. The van der Waals surface area contributed by atoms with Crippen molar-refractivity contribution >= 4 is 43.6 Å². The van der Waals surface area contributed by atoms with Crippen molar-refractivity contribution in [1.82, 2.24) is 14.1 Å². The first-order valence-electron chi connectivity index (χ1n) is 23.1. The number of fused-ring (bicyclic) bond motifs is 6. The number of nitriles is 5. The van der Waals surface area contributed by atoms with Gasteiger partial charge < -0.3 is 4.57 Å². The minimum atomic E-state index is 0.534. The van der Waals surface area contributed by atoms with Crippen LogP contribution in [-0.2, 0) is 0 Å². The Kier molecular flexibility index (Phi) is 10.3. The molecule has 12 aromatic rings. The quantitative estimate of drug-likeness (QED) is 0.156. The molecule has 0 saturated heterocycles. The molecular weight excluding hydrogens is 881 g/mol. The van der Waals surface area contributed by atoms with Crippen molar-refractivity contribution in [2.45, 2.75) is 0 Å². The Morgan fingerprint density at radius 3 is 0.986 bits per heavy atom. The van der Waals surface area contributed by atoms with Crippen molar-refractivity contribution in [3.05, 3.63) is 234 Å². The lowest BCUT2D eigenvalue weighted by atomic mass is 9.96. The van der Waals surface area contributed by atoms with Crippen LogP contribution in [0.15, 0.2) is 206 Å². The van der Waals surface area contributed by atoms with Crippen molar-refractivity contribution in [1.29, 1.82) is 26.3 Å². The molecule has 8 heteroatoms. The highest BCUT2D eigenvalue weighted by Crippen LogP contribution is 2.43. The monoisotopic (exact) mass is 914 g/mol. The van der Waals surface area contributed by atoms with Gasteiger partial charge in [0.2, 0.25) is 0 Å². The molecule has 12 rings (SSSR count). The molecule has 0 aliphatic carbocycles. The van der Waals surface area contributed by atoms with Crippen molar-refractivity contribution in [2.75, 3.05) is 0 Å². The maximum atomic E-state index is 10.1. The Bertz CT molecular complexity index is 4230. The number of aromatic nitrogens is 3. The average Bonchev–Trinajstić information content (AvgIpc) is 3.96. The molecule has 3 aromatic heterocycles. The van der Waals surface area contributed by atoms with Gasteiger partial charge in [0, 0.05) is 27.1 Å². The average molecular weight is 915 g/mol. The summed E-state index contributed by atoms with van der Waals surface area (Å²) < 4.78 is 4.38. The van der Waals surface area contributed by atoms with Crippen molar-refractivity contribution < 1.29 is 0 Å². The van der Waals surface area contributed by atoms with Gasteiger partial charge in [-0.05, 0) is 141 Å². The van der Waals surface area contributed by atoms with E-state index in [0.29, 0.717) is 33.6 Å². The van der Waals surface area contributed by atoms with E-state index in [0.717, 1.165) is 105 Å². The minimum absolute atomic E-state index is 0.534. The van der Waals surface area contributed by atoms with E-state index in [1.54, 1.807) is 0 Å². The molecule has 8 nitrogen and oxygen atoms in total.